The highest BCUT2D eigenvalue weighted by Gasteiger charge is 2.20. The molecule has 144 valence electrons. The van der Waals surface area contributed by atoms with Gasteiger partial charge in [0.1, 0.15) is 35.4 Å². The van der Waals surface area contributed by atoms with Crippen molar-refractivity contribution in [2.24, 2.45) is 0 Å². The fraction of sp³-hybridized carbons (Fsp3) is 0.278. The molecule has 2 aromatic heterocycles. The van der Waals surface area contributed by atoms with E-state index in [1.54, 1.807) is 25.1 Å². The third kappa shape index (κ3) is 3.60. The normalized spacial score (nSPS) is 11.9. The Kier molecular flexibility index (Phi) is 5.73. The monoisotopic (exact) mass is 399 g/mol. The van der Waals surface area contributed by atoms with E-state index in [4.69, 9.17) is 17.3 Å². The summed E-state index contributed by atoms with van der Waals surface area (Å²) in [5.41, 5.74) is 6.01. The Morgan fingerprint density at radius 1 is 1.43 bits per heavy atom. The molecule has 4 N–H and O–H groups in total. The van der Waals surface area contributed by atoms with E-state index < -0.39 is 6.04 Å². The van der Waals surface area contributed by atoms with E-state index in [1.807, 2.05) is 6.07 Å². The number of halogens is 1. The number of benzene rings is 1. The van der Waals surface area contributed by atoms with Crippen LogP contribution in [0.3, 0.4) is 0 Å². The molecule has 0 fully saturated rings. The second kappa shape index (κ2) is 8.21. The molecule has 2 heterocycles. The number of aromatic nitrogens is 4. The second-order valence-corrected chi connectivity index (χ2v) is 6.51. The second-order valence-electron chi connectivity index (χ2n) is 6.10. The molecule has 3 rings (SSSR count). The summed E-state index contributed by atoms with van der Waals surface area (Å²) in [5, 5.41) is 22.2. The molecule has 9 nitrogen and oxygen atoms in total. The molecule has 0 aliphatic carbocycles. The molecule has 0 bridgehead atoms. The molecule has 0 aliphatic heterocycles. The van der Waals surface area contributed by atoms with Gasteiger partial charge < -0.3 is 16.2 Å². The summed E-state index contributed by atoms with van der Waals surface area (Å²) in [7, 11) is 0. The largest absolute Gasteiger partial charge is 0.396 e. The maximum absolute atomic E-state index is 13.0. The number of anilines is 2. The number of hydrogen-bond acceptors (Lipinski definition) is 8. The van der Waals surface area contributed by atoms with Gasteiger partial charge in [0, 0.05) is 13.2 Å². The van der Waals surface area contributed by atoms with Crippen LogP contribution in [0.2, 0.25) is 5.02 Å². The molecule has 28 heavy (non-hydrogen) atoms. The molecular weight excluding hydrogens is 382 g/mol. The van der Waals surface area contributed by atoms with Gasteiger partial charge in [-0.15, -0.1) is 0 Å². The summed E-state index contributed by atoms with van der Waals surface area (Å²) in [5.74, 6) is 0.731. The summed E-state index contributed by atoms with van der Waals surface area (Å²) in [4.78, 5) is 25.5. The minimum atomic E-state index is -0.490. The minimum Gasteiger partial charge on any atom is -0.396 e. The number of nitrogens with zero attached hydrogens (tertiary/aromatic N) is 5. The summed E-state index contributed by atoms with van der Waals surface area (Å²) >= 11 is 6.20. The topological polar surface area (TPSA) is 143 Å². The van der Waals surface area contributed by atoms with Crippen LogP contribution in [-0.4, -0.2) is 31.2 Å². The van der Waals surface area contributed by atoms with Gasteiger partial charge in [0.25, 0.3) is 5.56 Å². The number of nitrogen functional groups attached to an aromatic ring is 1. The van der Waals surface area contributed by atoms with Crippen LogP contribution in [0.4, 0.5) is 11.6 Å². The number of nitrogens with one attached hydrogen (secondary N) is 1. The lowest BCUT2D eigenvalue weighted by Gasteiger charge is -2.20. The van der Waals surface area contributed by atoms with Gasteiger partial charge in [-0.25, -0.2) is 15.0 Å². The molecule has 0 amide bonds. The highest BCUT2D eigenvalue weighted by Crippen LogP contribution is 2.24. The molecule has 1 atom stereocenters. The van der Waals surface area contributed by atoms with Crippen LogP contribution in [0, 0.1) is 11.3 Å². The predicted molar refractivity (Wildman–Crippen MR) is 106 cm³/mol. The molecule has 3 aromatic rings. The first-order valence-electron chi connectivity index (χ1n) is 8.54. The van der Waals surface area contributed by atoms with Crippen LogP contribution >= 0.6 is 11.6 Å². The van der Waals surface area contributed by atoms with Gasteiger partial charge in [0.05, 0.1) is 22.0 Å². The van der Waals surface area contributed by atoms with Crippen molar-refractivity contribution in [1.82, 2.24) is 19.5 Å². The zero-order valence-electron chi connectivity index (χ0n) is 15.1. The molecule has 0 saturated heterocycles. The van der Waals surface area contributed by atoms with Crippen LogP contribution in [0.1, 0.15) is 30.8 Å². The van der Waals surface area contributed by atoms with Crippen LogP contribution in [0.25, 0.3) is 10.9 Å². The van der Waals surface area contributed by atoms with Gasteiger partial charge >= 0.3 is 0 Å². The van der Waals surface area contributed by atoms with E-state index in [2.05, 4.69) is 20.3 Å². The van der Waals surface area contributed by atoms with E-state index in [9.17, 15) is 15.2 Å². The van der Waals surface area contributed by atoms with Gasteiger partial charge in [0.15, 0.2) is 0 Å². The first-order valence-corrected chi connectivity index (χ1v) is 8.92. The highest BCUT2D eigenvalue weighted by molar-refractivity contribution is 6.35. The van der Waals surface area contributed by atoms with Crippen molar-refractivity contribution in [2.45, 2.75) is 25.9 Å². The predicted octanol–water partition coefficient (Wildman–Crippen LogP) is 1.85. The molecule has 1 unspecified atom stereocenters. The van der Waals surface area contributed by atoms with Crippen molar-refractivity contribution in [3.63, 3.8) is 0 Å². The summed E-state index contributed by atoms with van der Waals surface area (Å²) < 4.78 is 1.47. The van der Waals surface area contributed by atoms with Crippen molar-refractivity contribution in [2.75, 3.05) is 17.7 Å². The quantitative estimate of drug-likeness (QED) is 0.569. The Labute approximate surface area is 165 Å². The van der Waals surface area contributed by atoms with Gasteiger partial charge in [-0.3, -0.25) is 9.36 Å². The maximum atomic E-state index is 13.0. The third-order valence-electron chi connectivity index (χ3n) is 4.23. The number of hydrogen-bond donors (Lipinski definition) is 3. The molecule has 0 aliphatic rings. The lowest BCUT2D eigenvalue weighted by Crippen LogP contribution is -2.29. The number of aliphatic hydroxyl groups excluding tert-OH is 1. The van der Waals surface area contributed by atoms with Gasteiger partial charge in [0.2, 0.25) is 0 Å². The number of fused-ring (bicyclic) bond motifs is 1. The van der Waals surface area contributed by atoms with Crippen molar-refractivity contribution in [1.29, 1.82) is 5.26 Å². The number of nitriles is 1. The minimum absolute atomic E-state index is 0.0584. The van der Waals surface area contributed by atoms with E-state index in [0.29, 0.717) is 28.2 Å². The SMILES string of the molecule is CC(Nc1ncnc(N)c1C#N)c1nc2cccc(Cl)c2c(=O)n1CCCO. The zero-order chi connectivity index (χ0) is 20.3. The summed E-state index contributed by atoms with van der Waals surface area (Å²) in [6, 6.07) is 6.53. The Morgan fingerprint density at radius 3 is 2.93 bits per heavy atom. The Hall–Kier alpha value is -3.22. The molecule has 0 radical (unpaired) electrons. The van der Waals surface area contributed by atoms with Crippen LogP contribution < -0.4 is 16.6 Å². The molecule has 1 aromatic carbocycles. The Morgan fingerprint density at radius 2 is 2.21 bits per heavy atom. The number of aliphatic hydroxyl groups is 1. The third-order valence-corrected chi connectivity index (χ3v) is 4.55. The van der Waals surface area contributed by atoms with Gasteiger partial charge in [-0.1, -0.05) is 17.7 Å². The standard InChI is InChI=1S/C18H18ClN7O2/c1-10(24-16-11(8-20)15(21)22-9-23-16)17-25-13-5-2-4-12(19)14(13)18(28)26(17)6-3-7-27/h2,4-5,9-10,27H,3,6-7H2,1H3,(H3,21,22,23,24). The molecule has 10 heteroatoms. The molecular formula is C18H18ClN7O2. The average Bonchev–Trinajstić information content (AvgIpc) is 2.67. The van der Waals surface area contributed by atoms with E-state index >= 15 is 0 Å². The first-order chi connectivity index (χ1) is 13.5. The van der Waals surface area contributed by atoms with Crippen LogP contribution in [-0.2, 0) is 6.54 Å². The number of rotatable bonds is 6. The Balaban J connectivity index is 2.12. The van der Waals surface area contributed by atoms with Crippen LogP contribution in [0.5, 0.6) is 0 Å². The first kappa shape index (κ1) is 19.5. The molecule has 0 spiro atoms. The average molecular weight is 400 g/mol. The smallest absolute Gasteiger partial charge is 0.262 e. The summed E-state index contributed by atoms with van der Waals surface area (Å²) in [6.07, 6.45) is 1.62. The fourth-order valence-electron chi connectivity index (χ4n) is 2.90. The van der Waals surface area contributed by atoms with Crippen LogP contribution in [0.15, 0.2) is 29.3 Å². The Bertz CT molecular complexity index is 1120. The zero-order valence-corrected chi connectivity index (χ0v) is 15.8. The van der Waals surface area contributed by atoms with Gasteiger partial charge in [-0.2, -0.15) is 5.26 Å². The van der Waals surface area contributed by atoms with E-state index in [1.165, 1.54) is 10.9 Å². The van der Waals surface area contributed by atoms with Crippen molar-refractivity contribution in [3.8, 4) is 6.07 Å². The van der Waals surface area contributed by atoms with Crippen molar-refractivity contribution >= 4 is 34.1 Å². The summed E-state index contributed by atoms with van der Waals surface area (Å²) in [6.45, 7) is 1.98. The lowest BCUT2D eigenvalue weighted by atomic mass is 10.2. The fourth-order valence-corrected chi connectivity index (χ4v) is 3.15. The van der Waals surface area contributed by atoms with E-state index in [-0.39, 0.29) is 35.9 Å². The number of nitrogens with two attached hydrogens (primary N) is 1. The highest BCUT2D eigenvalue weighted by atomic mass is 35.5. The van der Waals surface area contributed by atoms with Crippen molar-refractivity contribution in [3.05, 3.63) is 51.3 Å². The van der Waals surface area contributed by atoms with E-state index in [0.717, 1.165) is 0 Å². The lowest BCUT2D eigenvalue weighted by molar-refractivity contribution is 0.277. The maximum Gasteiger partial charge on any atom is 0.262 e. The molecule has 0 saturated carbocycles. The van der Waals surface area contributed by atoms with Crippen molar-refractivity contribution < 1.29 is 5.11 Å². The van der Waals surface area contributed by atoms with Gasteiger partial charge in [-0.05, 0) is 25.5 Å².